The van der Waals surface area contributed by atoms with Gasteiger partial charge >= 0.3 is 0 Å². The minimum Gasteiger partial charge on any atom is -0.484 e. The Kier molecular flexibility index (Phi) is 6.54. The van der Waals surface area contributed by atoms with E-state index < -0.39 is 5.92 Å². The highest BCUT2D eigenvalue weighted by Gasteiger charge is 2.46. The first-order valence-electron chi connectivity index (χ1n) is 13.3. The van der Waals surface area contributed by atoms with Gasteiger partial charge in [0, 0.05) is 47.0 Å². The lowest BCUT2D eigenvalue weighted by Crippen LogP contribution is -2.42. The van der Waals surface area contributed by atoms with E-state index in [0.29, 0.717) is 29.7 Å². The molecule has 5 rings (SSSR count). The number of dihydropyridines is 1. The third-order valence-corrected chi connectivity index (χ3v) is 7.70. The fourth-order valence-electron chi connectivity index (χ4n) is 6.05. The van der Waals surface area contributed by atoms with E-state index in [1.54, 1.807) is 6.07 Å². The number of Topliss-reactive ketones (excluding diaryl/α,β-unsaturated/α-hetero) is 2. The van der Waals surface area contributed by atoms with Crippen LogP contribution in [0.2, 0.25) is 0 Å². The number of anilines is 1. The van der Waals surface area contributed by atoms with Gasteiger partial charge in [-0.05, 0) is 59.9 Å². The van der Waals surface area contributed by atoms with Crippen molar-refractivity contribution < 1.29 is 19.1 Å². The van der Waals surface area contributed by atoms with E-state index in [1.165, 1.54) is 0 Å². The van der Waals surface area contributed by atoms with E-state index in [2.05, 4.69) is 38.3 Å². The normalized spacial score (nSPS) is 20.4. The Morgan fingerprint density at radius 3 is 2.11 bits per heavy atom. The van der Waals surface area contributed by atoms with Crippen LogP contribution in [0.4, 0.5) is 5.69 Å². The van der Waals surface area contributed by atoms with Gasteiger partial charge in [0.1, 0.15) is 5.75 Å². The average Bonchev–Trinajstić information content (AvgIpc) is 2.81. The molecule has 1 heterocycles. The number of aryl methyl sites for hydroxylation is 1. The number of carbonyl (C=O) groups is 3. The molecule has 0 radical (unpaired) electrons. The molecule has 38 heavy (non-hydrogen) atoms. The monoisotopic (exact) mass is 512 g/mol. The van der Waals surface area contributed by atoms with Crippen LogP contribution in [0.25, 0.3) is 0 Å². The van der Waals surface area contributed by atoms with Crippen molar-refractivity contribution >= 4 is 23.2 Å². The summed E-state index contributed by atoms with van der Waals surface area (Å²) < 4.78 is 5.87. The van der Waals surface area contributed by atoms with Crippen LogP contribution in [0.5, 0.6) is 5.75 Å². The molecule has 6 nitrogen and oxygen atoms in total. The standard InChI is InChI=1S/C32H36N2O4/c1-19-9-6-7-12-22(19)34-27(37)18-38-21-11-8-10-20(13-21)28-29-23(14-31(2,3)16-25(29)35)33-24-15-32(4,5)17-26(36)30(24)28/h6-13,28,33H,14-18H2,1-5H3,(H,34,37). The van der Waals surface area contributed by atoms with E-state index in [1.807, 2.05) is 49.4 Å². The van der Waals surface area contributed by atoms with Gasteiger partial charge in [-0.1, -0.05) is 58.0 Å². The highest BCUT2D eigenvalue weighted by molar-refractivity contribution is 6.06. The molecule has 2 aromatic carbocycles. The van der Waals surface area contributed by atoms with Crippen molar-refractivity contribution in [2.45, 2.75) is 66.2 Å². The second-order valence-electron chi connectivity index (χ2n) is 12.4. The van der Waals surface area contributed by atoms with Gasteiger partial charge in [0.05, 0.1) is 0 Å². The SMILES string of the molecule is Cc1ccccc1NC(=O)COc1cccc(C2C3=C(CC(C)(C)CC3=O)NC3=C2C(=O)CC(C)(C)C3)c1. The maximum atomic E-state index is 13.5. The van der Waals surface area contributed by atoms with Crippen LogP contribution in [0.1, 0.15) is 70.4 Å². The number of carbonyl (C=O) groups excluding carboxylic acids is 3. The maximum Gasteiger partial charge on any atom is 0.262 e. The quantitative estimate of drug-likeness (QED) is 0.514. The number of nitrogens with one attached hydrogen (secondary N) is 2. The predicted molar refractivity (Wildman–Crippen MR) is 148 cm³/mol. The Balaban J connectivity index is 1.45. The zero-order chi connectivity index (χ0) is 27.2. The summed E-state index contributed by atoms with van der Waals surface area (Å²) in [6.45, 7) is 10.2. The highest BCUT2D eigenvalue weighted by atomic mass is 16.5. The molecular formula is C32H36N2O4. The van der Waals surface area contributed by atoms with E-state index >= 15 is 0 Å². The van der Waals surface area contributed by atoms with Gasteiger partial charge in [-0.3, -0.25) is 14.4 Å². The van der Waals surface area contributed by atoms with E-state index in [0.717, 1.165) is 41.1 Å². The molecule has 0 atom stereocenters. The molecule has 0 aromatic heterocycles. The molecule has 0 saturated carbocycles. The summed E-state index contributed by atoms with van der Waals surface area (Å²) in [6, 6.07) is 15.1. The van der Waals surface area contributed by atoms with Gasteiger partial charge in [0.2, 0.25) is 0 Å². The summed E-state index contributed by atoms with van der Waals surface area (Å²) in [6.07, 6.45) is 2.40. The molecule has 0 unspecified atom stereocenters. The van der Waals surface area contributed by atoms with Crippen molar-refractivity contribution in [2.75, 3.05) is 11.9 Å². The first-order chi connectivity index (χ1) is 17.9. The van der Waals surface area contributed by atoms with Crippen LogP contribution in [0.3, 0.4) is 0 Å². The number of hydrogen-bond acceptors (Lipinski definition) is 5. The smallest absolute Gasteiger partial charge is 0.262 e. The Morgan fingerprint density at radius 2 is 1.50 bits per heavy atom. The summed E-state index contributed by atoms with van der Waals surface area (Å²) in [5.41, 5.74) is 5.54. The summed E-state index contributed by atoms with van der Waals surface area (Å²) in [7, 11) is 0. The molecule has 1 aliphatic heterocycles. The Morgan fingerprint density at radius 1 is 0.895 bits per heavy atom. The van der Waals surface area contributed by atoms with Gasteiger partial charge < -0.3 is 15.4 Å². The van der Waals surface area contributed by atoms with E-state index in [-0.39, 0.29) is 34.9 Å². The zero-order valence-corrected chi connectivity index (χ0v) is 22.9. The van der Waals surface area contributed by atoms with Crippen molar-refractivity contribution in [3.63, 3.8) is 0 Å². The fraction of sp³-hybridized carbons (Fsp3) is 0.406. The molecule has 198 valence electrons. The van der Waals surface area contributed by atoms with Crippen molar-refractivity contribution in [1.29, 1.82) is 0 Å². The van der Waals surface area contributed by atoms with Gasteiger partial charge in [0.15, 0.2) is 18.2 Å². The van der Waals surface area contributed by atoms with Crippen LogP contribution in [-0.4, -0.2) is 24.1 Å². The van der Waals surface area contributed by atoms with Crippen LogP contribution in [0, 0.1) is 17.8 Å². The summed E-state index contributed by atoms with van der Waals surface area (Å²) in [5.74, 6) is 0.00917. The predicted octanol–water partition coefficient (Wildman–Crippen LogP) is 5.99. The second-order valence-corrected chi connectivity index (χ2v) is 12.4. The molecule has 2 N–H and O–H groups in total. The molecule has 2 aromatic rings. The molecule has 1 amide bonds. The van der Waals surface area contributed by atoms with E-state index in [4.69, 9.17) is 4.74 Å². The molecule has 0 saturated heterocycles. The lowest BCUT2D eigenvalue weighted by atomic mass is 9.64. The summed E-state index contributed by atoms with van der Waals surface area (Å²) in [5, 5.41) is 6.43. The zero-order valence-electron chi connectivity index (χ0n) is 22.9. The number of para-hydroxylation sites is 1. The Bertz CT molecular complexity index is 1340. The lowest BCUT2D eigenvalue weighted by molar-refractivity contribution is -0.119. The summed E-state index contributed by atoms with van der Waals surface area (Å²) >= 11 is 0. The number of ketones is 2. The van der Waals surface area contributed by atoms with E-state index in [9.17, 15) is 14.4 Å². The second kappa shape index (κ2) is 9.57. The van der Waals surface area contributed by atoms with Crippen LogP contribution < -0.4 is 15.4 Å². The largest absolute Gasteiger partial charge is 0.484 e. The lowest BCUT2D eigenvalue weighted by Gasteiger charge is -2.44. The molecule has 0 fully saturated rings. The van der Waals surface area contributed by atoms with Crippen LogP contribution >= 0.6 is 0 Å². The van der Waals surface area contributed by atoms with Crippen molar-refractivity contribution in [1.82, 2.24) is 5.32 Å². The third kappa shape index (κ3) is 5.17. The van der Waals surface area contributed by atoms with Gasteiger partial charge in [-0.25, -0.2) is 0 Å². The van der Waals surface area contributed by atoms with Gasteiger partial charge in [-0.15, -0.1) is 0 Å². The molecule has 0 spiro atoms. The number of rotatable bonds is 5. The molecular weight excluding hydrogens is 476 g/mol. The minimum absolute atomic E-state index is 0.0851. The topological polar surface area (TPSA) is 84.5 Å². The van der Waals surface area contributed by atoms with Crippen molar-refractivity contribution in [3.8, 4) is 5.75 Å². The fourth-order valence-corrected chi connectivity index (χ4v) is 6.05. The third-order valence-electron chi connectivity index (χ3n) is 7.70. The number of allylic oxidation sites excluding steroid dienone is 4. The highest BCUT2D eigenvalue weighted by Crippen LogP contribution is 2.51. The first-order valence-corrected chi connectivity index (χ1v) is 13.3. The summed E-state index contributed by atoms with van der Waals surface area (Å²) in [4.78, 5) is 39.6. The average molecular weight is 513 g/mol. The first kappa shape index (κ1) is 26.0. The number of hydrogen-bond donors (Lipinski definition) is 2. The maximum absolute atomic E-state index is 13.5. The molecule has 0 bridgehead atoms. The van der Waals surface area contributed by atoms with Crippen LogP contribution in [0.15, 0.2) is 71.1 Å². The Hall–Kier alpha value is -3.67. The van der Waals surface area contributed by atoms with Crippen molar-refractivity contribution in [2.24, 2.45) is 10.8 Å². The molecule has 2 aliphatic carbocycles. The number of ether oxygens (including phenoxy) is 1. The van der Waals surface area contributed by atoms with Gasteiger partial charge in [0.25, 0.3) is 5.91 Å². The molecule has 6 heteroatoms. The van der Waals surface area contributed by atoms with Crippen molar-refractivity contribution in [3.05, 3.63) is 82.2 Å². The molecule has 3 aliphatic rings. The Labute approximate surface area is 224 Å². The van der Waals surface area contributed by atoms with Crippen LogP contribution in [-0.2, 0) is 14.4 Å². The minimum atomic E-state index is -0.433. The number of amides is 1. The number of benzene rings is 2. The van der Waals surface area contributed by atoms with Gasteiger partial charge in [-0.2, -0.15) is 0 Å².